The van der Waals surface area contributed by atoms with Crippen LogP contribution in [0.3, 0.4) is 0 Å². The van der Waals surface area contributed by atoms with Crippen LogP contribution in [0.1, 0.15) is 32.6 Å². The van der Waals surface area contributed by atoms with Crippen LogP contribution in [0.25, 0.3) is 0 Å². The van der Waals surface area contributed by atoms with Crippen molar-refractivity contribution in [3.8, 4) is 0 Å². The highest BCUT2D eigenvalue weighted by Crippen LogP contribution is 2.17. The van der Waals surface area contributed by atoms with Crippen molar-refractivity contribution < 1.29 is 5.11 Å². The van der Waals surface area contributed by atoms with Crippen molar-refractivity contribution in [2.24, 2.45) is 0 Å². The summed E-state index contributed by atoms with van der Waals surface area (Å²) < 4.78 is 0. The molecule has 0 saturated heterocycles. The Balaban J connectivity index is 1.85. The summed E-state index contributed by atoms with van der Waals surface area (Å²) in [6.45, 7) is 2.81. The van der Waals surface area contributed by atoms with Gasteiger partial charge >= 0.3 is 0 Å². The molecule has 0 amide bonds. The van der Waals surface area contributed by atoms with Gasteiger partial charge in [0.25, 0.3) is 0 Å². The van der Waals surface area contributed by atoms with Gasteiger partial charge in [-0.2, -0.15) is 0 Å². The Morgan fingerprint density at radius 3 is 2.70 bits per heavy atom. The van der Waals surface area contributed by atoms with Crippen LogP contribution < -0.4 is 5.32 Å². The summed E-state index contributed by atoms with van der Waals surface area (Å²) >= 11 is 0. The average molecular weight is 143 g/mol. The van der Waals surface area contributed by atoms with Gasteiger partial charge in [-0.15, -0.1) is 0 Å². The van der Waals surface area contributed by atoms with Crippen LogP contribution in [-0.4, -0.2) is 23.8 Å². The van der Waals surface area contributed by atoms with E-state index < -0.39 is 0 Å². The maximum absolute atomic E-state index is 8.92. The van der Waals surface area contributed by atoms with Crippen molar-refractivity contribution in [1.29, 1.82) is 0 Å². The summed E-state index contributed by atoms with van der Waals surface area (Å²) in [6, 6.07) is 0.763. The highest BCUT2D eigenvalue weighted by Gasteiger charge is 2.15. The van der Waals surface area contributed by atoms with E-state index in [1.807, 2.05) is 6.92 Å². The Hall–Kier alpha value is -0.0800. The molecule has 0 bridgehead atoms. The fourth-order valence-corrected chi connectivity index (χ4v) is 1.11. The number of aliphatic hydroxyl groups excluding tert-OH is 1. The van der Waals surface area contributed by atoms with E-state index in [1.54, 1.807) is 0 Å². The zero-order chi connectivity index (χ0) is 7.40. The molecule has 2 nitrogen and oxygen atoms in total. The van der Waals surface area contributed by atoms with E-state index in [-0.39, 0.29) is 6.10 Å². The van der Waals surface area contributed by atoms with Crippen LogP contribution in [0, 0.1) is 0 Å². The highest BCUT2D eigenvalue weighted by atomic mass is 16.3. The van der Waals surface area contributed by atoms with Crippen molar-refractivity contribution in [1.82, 2.24) is 5.32 Å². The van der Waals surface area contributed by atoms with E-state index in [0.29, 0.717) is 0 Å². The van der Waals surface area contributed by atoms with Crippen LogP contribution in [0.5, 0.6) is 0 Å². The first-order valence-corrected chi connectivity index (χ1v) is 4.20. The Kier molecular flexibility index (Phi) is 3.16. The molecule has 1 aliphatic carbocycles. The zero-order valence-electron chi connectivity index (χ0n) is 6.64. The third-order valence-corrected chi connectivity index (χ3v) is 2.10. The molecular formula is C8H17NO. The molecule has 2 heteroatoms. The normalized spacial score (nSPS) is 22.2. The van der Waals surface area contributed by atoms with Gasteiger partial charge < -0.3 is 10.4 Å². The van der Waals surface area contributed by atoms with E-state index in [0.717, 1.165) is 19.0 Å². The largest absolute Gasteiger partial charge is 0.393 e. The summed E-state index contributed by atoms with van der Waals surface area (Å²) in [5.74, 6) is 0. The second-order valence-corrected chi connectivity index (χ2v) is 3.22. The number of nitrogens with one attached hydrogen (secondary N) is 1. The second-order valence-electron chi connectivity index (χ2n) is 3.22. The van der Waals surface area contributed by atoms with Gasteiger partial charge in [-0.25, -0.2) is 0 Å². The smallest absolute Gasteiger partial charge is 0.0524 e. The molecule has 0 aromatic carbocycles. The standard InChI is InChI=1S/C8H17NO/c1-7(10)5-6-9-8-3-2-4-8/h7-10H,2-6H2,1H3/t7-/m1/s1. The predicted molar refractivity (Wildman–Crippen MR) is 41.9 cm³/mol. The molecule has 1 fully saturated rings. The van der Waals surface area contributed by atoms with E-state index in [4.69, 9.17) is 5.11 Å². The third-order valence-electron chi connectivity index (χ3n) is 2.10. The van der Waals surface area contributed by atoms with Crippen molar-refractivity contribution in [2.45, 2.75) is 44.8 Å². The molecule has 0 aromatic heterocycles. The van der Waals surface area contributed by atoms with Gasteiger partial charge in [0.1, 0.15) is 0 Å². The molecule has 1 rings (SSSR count). The minimum Gasteiger partial charge on any atom is -0.393 e. The van der Waals surface area contributed by atoms with Crippen molar-refractivity contribution >= 4 is 0 Å². The van der Waals surface area contributed by atoms with Gasteiger partial charge in [-0.3, -0.25) is 0 Å². The summed E-state index contributed by atoms with van der Waals surface area (Å²) in [5.41, 5.74) is 0. The first-order chi connectivity index (χ1) is 4.79. The lowest BCUT2D eigenvalue weighted by molar-refractivity contribution is 0.179. The summed E-state index contributed by atoms with van der Waals surface area (Å²) in [4.78, 5) is 0. The van der Waals surface area contributed by atoms with E-state index in [9.17, 15) is 0 Å². The van der Waals surface area contributed by atoms with E-state index in [2.05, 4.69) is 5.32 Å². The molecule has 10 heavy (non-hydrogen) atoms. The molecule has 0 radical (unpaired) electrons. The lowest BCUT2D eigenvalue weighted by atomic mass is 9.93. The monoisotopic (exact) mass is 143 g/mol. The third kappa shape index (κ3) is 2.67. The molecule has 0 aliphatic heterocycles. The lowest BCUT2D eigenvalue weighted by Crippen LogP contribution is -2.36. The Labute approximate surface area is 62.6 Å². The van der Waals surface area contributed by atoms with Crippen molar-refractivity contribution in [3.63, 3.8) is 0 Å². The quantitative estimate of drug-likeness (QED) is 0.613. The maximum Gasteiger partial charge on any atom is 0.0524 e. The topological polar surface area (TPSA) is 32.3 Å². The van der Waals surface area contributed by atoms with Crippen molar-refractivity contribution in [2.75, 3.05) is 6.54 Å². The fourth-order valence-electron chi connectivity index (χ4n) is 1.11. The Morgan fingerprint density at radius 2 is 2.30 bits per heavy atom. The molecule has 0 spiro atoms. The van der Waals surface area contributed by atoms with Gasteiger partial charge in [0.05, 0.1) is 6.10 Å². The number of rotatable bonds is 4. The molecule has 0 heterocycles. The SMILES string of the molecule is C[C@@H](O)CCNC1CCC1. The number of aliphatic hydroxyl groups is 1. The van der Waals surface area contributed by atoms with Crippen LogP contribution in [0.2, 0.25) is 0 Å². The van der Waals surface area contributed by atoms with Crippen LogP contribution in [0.4, 0.5) is 0 Å². The molecule has 1 aliphatic rings. The van der Waals surface area contributed by atoms with Gasteiger partial charge in [0, 0.05) is 6.04 Å². The van der Waals surface area contributed by atoms with Crippen molar-refractivity contribution in [3.05, 3.63) is 0 Å². The van der Waals surface area contributed by atoms with E-state index in [1.165, 1.54) is 19.3 Å². The minimum atomic E-state index is -0.146. The lowest BCUT2D eigenvalue weighted by Gasteiger charge is -2.26. The molecule has 0 aromatic rings. The predicted octanol–water partition coefficient (Wildman–Crippen LogP) is 0.899. The summed E-state index contributed by atoms with van der Waals surface area (Å²) in [5, 5.41) is 12.3. The Bertz CT molecular complexity index is 89.3. The molecule has 1 atom stereocenters. The van der Waals surface area contributed by atoms with Crippen LogP contribution >= 0.6 is 0 Å². The second kappa shape index (κ2) is 3.94. The minimum absolute atomic E-state index is 0.146. The average Bonchev–Trinajstić information content (AvgIpc) is 1.75. The Morgan fingerprint density at radius 1 is 1.60 bits per heavy atom. The van der Waals surface area contributed by atoms with Crippen LogP contribution in [-0.2, 0) is 0 Å². The molecular weight excluding hydrogens is 126 g/mol. The van der Waals surface area contributed by atoms with Gasteiger partial charge in [0.2, 0.25) is 0 Å². The molecule has 2 N–H and O–H groups in total. The summed E-state index contributed by atoms with van der Waals surface area (Å²) in [7, 11) is 0. The maximum atomic E-state index is 8.92. The number of hydrogen-bond acceptors (Lipinski definition) is 2. The van der Waals surface area contributed by atoms with Gasteiger partial charge in [-0.05, 0) is 32.7 Å². The highest BCUT2D eigenvalue weighted by molar-refractivity contribution is 4.76. The first-order valence-electron chi connectivity index (χ1n) is 4.20. The molecule has 0 unspecified atom stereocenters. The van der Waals surface area contributed by atoms with E-state index >= 15 is 0 Å². The van der Waals surface area contributed by atoms with Gasteiger partial charge in [-0.1, -0.05) is 6.42 Å². The number of hydrogen-bond donors (Lipinski definition) is 2. The summed E-state index contributed by atoms with van der Waals surface area (Å²) in [6.07, 6.45) is 4.79. The first kappa shape index (κ1) is 8.02. The fraction of sp³-hybridized carbons (Fsp3) is 1.00. The van der Waals surface area contributed by atoms with Gasteiger partial charge in [0.15, 0.2) is 0 Å². The molecule has 1 saturated carbocycles. The molecule has 60 valence electrons. The zero-order valence-corrected chi connectivity index (χ0v) is 6.64. The van der Waals surface area contributed by atoms with Crippen LogP contribution in [0.15, 0.2) is 0 Å².